The standard InChI is InChI=1S/C24H23N3O3S/c28-22(25-17-6-1-2-7-17)16-11-13-18(14-12-16)26-23(29)19-8-3-4-9-20(19)27-24(30)21-10-5-15-31-21/h3-5,8-15,17H,1-2,6-7H2,(H,25,28)(H,26,29)(H,27,30). The Balaban J connectivity index is 1.41. The highest BCUT2D eigenvalue weighted by molar-refractivity contribution is 7.12. The van der Waals surface area contributed by atoms with Gasteiger partial charge in [-0.05, 0) is 60.7 Å². The van der Waals surface area contributed by atoms with Crippen molar-refractivity contribution >= 4 is 40.4 Å². The zero-order valence-electron chi connectivity index (χ0n) is 16.9. The van der Waals surface area contributed by atoms with Crippen molar-refractivity contribution in [1.82, 2.24) is 5.32 Å². The van der Waals surface area contributed by atoms with Crippen LogP contribution in [-0.2, 0) is 0 Å². The summed E-state index contributed by atoms with van der Waals surface area (Å²) in [6, 6.07) is 17.4. The third-order valence-corrected chi connectivity index (χ3v) is 6.13. The van der Waals surface area contributed by atoms with Gasteiger partial charge in [-0.2, -0.15) is 0 Å². The molecule has 0 saturated heterocycles. The van der Waals surface area contributed by atoms with E-state index in [4.69, 9.17) is 0 Å². The molecule has 7 heteroatoms. The van der Waals surface area contributed by atoms with Gasteiger partial charge in [0.25, 0.3) is 17.7 Å². The fourth-order valence-electron chi connectivity index (χ4n) is 3.62. The van der Waals surface area contributed by atoms with Crippen LogP contribution in [0.15, 0.2) is 66.0 Å². The van der Waals surface area contributed by atoms with Gasteiger partial charge >= 0.3 is 0 Å². The minimum absolute atomic E-state index is 0.0913. The summed E-state index contributed by atoms with van der Waals surface area (Å²) in [5.74, 6) is -0.690. The van der Waals surface area contributed by atoms with Crippen molar-refractivity contribution in [2.45, 2.75) is 31.7 Å². The van der Waals surface area contributed by atoms with E-state index in [9.17, 15) is 14.4 Å². The van der Waals surface area contributed by atoms with E-state index < -0.39 is 0 Å². The van der Waals surface area contributed by atoms with Gasteiger partial charge in [0.1, 0.15) is 0 Å². The fraction of sp³-hybridized carbons (Fsp3) is 0.208. The molecule has 3 amide bonds. The zero-order chi connectivity index (χ0) is 21.6. The molecule has 0 unspecified atom stereocenters. The third-order valence-electron chi connectivity index (χ3n) is 5.26. The SMILES string of the molecule is O=C(NC1CCCC1)c1ccc(NC(=O)c2ccccc2NC(=O)c2cccs2)cc1. The number of amides is 3. The Morgan fingerprint density at radius 1 is 0.774 bits per heavy atom. The predicted octanol–water partition coefficient (Wildman–Crippen LogP) is 4.93. The molecule has 6 nitrogen and oxygen atoms in total. The fourth-order valence-corrected chi connectivity index (χ4v) is 4.24. The molecule has 31 heavy (non-hydrogen) atoms. The lowest BCUT2D eigenvalue weighted by molar-refractivity contribution is 0.0936. The van der Waals surface area contributed by atoms with E-state index in [1.165, 1.54) is 11.3 Å². The lowest BCUT2D eigenvalue weighted by Gasteiger charge is -2.13. The summed E-state index contributed by atoms with van der Waals surface area (Å²) in [4.78, 5) is 38.1. The normalized spacial score (nSPS) is 13.5. The second-order valence-corrected chi connectivity index (χ2v) is 8.41. The highest BCUT2D eigenvalue weighted by Crippen LogP contribution is 2.21. The molecule has 1 aromatic heterocycles. The molecule has 1 fully saturated rings. The Morgan fingerprint density at radius 2 is 1.52 bits per heavy atom. The van der Waals surface area contributed by atoms with Gasteiger partial charge in [0.15, 0.2) is 0 Å². The van der Waals surface area contributed by atoms with Crippen molar-refractivity contribution in [3.05, 3.63) is 82.0 Å². The van der Waals surface area contributed by atoms with Gasteiger partial charge in [-0.25, -0.2) is 0 Å². The number of carbonyl (C=O) groups is 3. The van der Waals surface area contributed by atoms with Gasteiger partial charge < -0.3 is 16.0 Å². The molecule has 3 N–H and O–H groups in total. The second-order valence-electron chi connectivity index (χ2n) is 7.46. The number of thiophene rings is 1. The van der Waals surface area contributed by atoms with Crippen LogP contribution in [0, 0.1) is 0 Å². The van der Waals surface area contributed by atoms with Gasteiger partial charge in [-0.15, -0.1) is 11.3 Å². The number of hydrogen-bond donors (Lipinski definition) is 3. The van der Waals surface area contributed by atoms with Crippen LogP contribution in [0.3, 0.4) is 0 Å². The summed E-state index contributed by atoms with van der Waals surface area (Å²) in [7, 11) is 0. The van der Waals surface area contributed by atoms with Gasteiger partial charge in [0, 0.05) is 17.3 Å². The second kappa shape index (κ2) is 9.57. The Bertz CT molecular complexity index is 1070. The van der Waals surface area contributed by atoms with Gasteiger partial charge in [0.05, 0.1) is 16.1 Å². The van der Waals surface area contributed by atoms with Crippen LogP contribution in [0.25, 0.3) is 0 Å². The molecule has 158 valence electrons. The Morgan fingerprint density at radius 3 is 2.23 bits per heavy atom. The van der Waals surface area contributed by atoms with Gasteiger partial charge in [0.2, 0.25) is 0 Å². The summed E-state index contributed by atoms with van der Waals surface area (Å²) in [5, 5.41) is 10.5. The molecule has 0 spiro atoms. The summed E-state index contributed by atoms with van der Waals surface area (Å²) in [6.07, 6.45) is 4.38. The Labute approximate surface area is 184 Å². The first-order valence-corrected chi connectivity index (χ1v) is 11.1. The largest absolute Gasteiger partial charge is 0.349 e. The highest BCUT2D eigenvalue weighted by Gasteiger charge is 2.18. The van der Waals surface area contributed by atoms with Crippen LogP contribution >= 0.6 is 11.3 Å². The third kappa shape index (κ3) is 5.19. The van der Waals surface area contributed by atoms with Crippen molar-refractivity contribution in [3.63, 3.8) is 0 Å². The number of para-hydroxylation sites is 1. The monoisotopic (exact) mass is 433 g/mol. The number of nitrogens with one attached hydrogen (secondary N) is 3. The maximum atomic E-state index is 12.8. The quantitative estimate of drug-likeness (QED) is 0.515. The van der Waals surface area contributed by atoms with Crippen molar-refractivity contribution < 1.29 is 14.4 Å². The average molecular weight is 434 g/mol. The summed E-state index contributed by atoms with van der Waals surface area (Å²) < 4.78 is 0. The topological polar surface area (TPSA) is 87.3 Å². The van der Waals surface area contributed by atoms with Crippen molar-refractivity contribution in [1.29, 1.82) is 0 Å². The molecule has 1 aliphatic rings. The molecule has 0 atom stereocenters. The van der Waals surface area contributed by atoms with Gasteiger partial charge in [-0.1, -0.05) is 31.0 Å². The van der Waals surface area contributed by atoms with E-state index in [0.717, 1.165) is 25.7 Å². The molecule has 1 saturated carbocycles. The molecule has 0 radical (unpaired) electrons. The molecule has 4 rings (SSSR count). The van der Waals surface area contributed by atoms with E-state index in [0.29, 0.717) is 27.4 Å². The van der Waals surface area contributed by atoms with Gasteiger partial charge in [-0.3, -0.25) is 14.4 Å². The van der Waals surface area contributed by atoms with Crippen LogP contribution in [0.5, 0.6) is 0 Å². The predicted molar refractivity (Wildman–Crippen MR) is 123 cm³/mol. The van der Waals surface area contributed by atoms with Crippen LogP contribution in [0.2, 0.25) is 0 Å². The van der Waals surface area contributed by atoms with Crippen LogP contribution in [-0.4, -0.2) is 23.8 Å². The number of benzene rings is 2. The van der Waals surface area contributed by atoms with Crippen LogP contribution < -0.4 is 16.0 Å². The summed E-state index contributed by atoms with van der Waals surface area (Å²) in [5.41, 5.74) is 1.93. The van der Waals surface area contributed by atoms with Crippen molar-refractivity contribution in [3.8, 4) is 0 Å². The molecular formula is C24H23N3O3S. The molecule has 2 aromatic carbocycles. The molecule has 3 aromatic rings. The minimum Gasteiger partial charge on any atom is -0.349 e. The first-order valence-electron chi connectivity index (χ1n) is 10.3. The lowest BCUT2D eigenvalue weighted by Crippen LogP contribution is -2.32. The van der Waals surface area contributed by atoms with E-state index >= 15 is 0 Å². The molecule has 0 bridgehead atoms. The maximum Gasteiger partial charge on any atom is 0.265 e. The van der Waals surface area contributed by atoms with Crippen LogP contribution in [0.1, 0.15) is 56.1 Å². The van der Waals surface area contributed by atoms with Crippen LogP contribution in [0.4, 0.5) is 11.4 Å². The number of anilines is 2. The number of hydrogen-bond acceptors (Lipinski definition) is 4. The first-order chi connectivity index (χ1) is 15.1. The van der Waals surface area contributed by atoms with Crippen molar-refractivity contribution in [2.24, 2.45) is 0 Å². The highest BCUT2D eigenvalue weighted by atomic mass is 32.1. The number of carbonyl (C=O) groups excluding carboxylic acids is 3. The zero-order valence-corrected chi connectivity index (χ0v) is 17.7. The molecule has 0 aliphatic heterocycles. The number of rotatable bonds is 6. The van der Waals surface area contributed by atoms with E-state index in [-0.39, 0.29) is 23.8 Å². The lowest BCUT2D eigenvalue weighted by atomic mass is 10.1. The van der Waals surface area contributed by atoms with E-state index in [2.05, 4.69) is 16.0 Å². The minimum atomic E-state index is -0.342. The average Bonchev–Trinajstić information content (AvgIpc) is 3.49. The smallest absolute Gasteiger partial charge is 0.265 e. The van der Waals surface area contributed by atoms with E-state index in [1.54, 1.807) is 60.7 Å². The van der Waals surface area contributed by atoms with Crippen molar-refractivity contribution in [2.75, 3.05) is 10.6 Å². The first kappa shape index (κ1) is 20.8. The Hall–Kier alpha value is -3.45. The summed E-state index contributed by atoms with van der Waals surface area (Å²) in [6.45, 7) is 0. The molecule has 1 heterocycles. The maximum absolute atomic E-state index is 12.8. The Kier molecular flexibility index (Phi) is 6.43. The van der Waals surface area contributed by atoms with E-state index in [1.807, 2.05) is 5.38 Å². The summed E-state index contributed by atoms with van der Waals surface area (Å²) >= 11 is 1.34. The molecular weight excluding hydrogens is 410 g/mol. The molecule has 1 aliphatic carbocycles.